The summed E-state index contributed by atoms with van der Waals surface area (Å²) in [6, 6.07) is 5.98. The molecule has 0 saturated heterocycles. The molecule has 0 heterocycles. The normalized spacial score (nSPS) is 9.76. The molecule has 0 aromatic heterocycles. The van der Waals surface area contributed by atoms with E-state index in [0.717, 1.165) is 23.1 Å². The number of aryl methyl sites for hydroxylation is 1. The molecule has 0 spiro atoms. The molecule has 0 N–H and O–H groups in total. The first-order valence-electron chi connectivity index (χ1n) is 5.34. The van der Waals surface area contributed by atoms with E-state index in [4.69, 9.17) is 0 Å². The van der Waals surface area contributed by atoms with Gasteiger partial charge >= 0.3 is 5.97 Å². The second-order valence-electron chi connectivity index (χ2n) is 3.59. The molecule has 0 unspecified atom stereocenters. The third-order valence-corrected chi connectivity index (χ3v) is 3.25. The van der Waals surface area contributed by atoms with E-state index in [1.54, 1.807) is 0 Å². The lowest BCUT2D eigenvalue weighted by Crippen LogP contribution is -2.08. The van der Waals surface area contributed by atoms with Crippen LogP contribution in [0.2, 0.25) is 0 Å². The van der Waals surface area contributed by atoms with E-state index < -0.39 is 0 Å². The van der Waals surface area contributed by atoms with Crippen molar-refractivity contribution in [3.63, 3.8) is 0 Å². The summed E-state index contributed by atoms with van der Waals surface area (Å²) in [6.45, 7) is 2.04. The van der Waals surface area contributed by atoms with Crippen molar-refractivity contribution in [1.82, 2.24) is 0 Å². The highest BCUT2D eigenvalue weighted by molar-refractivity contribution is 9.08. The van der Waals surface area contributed by atoms with Crippen LogP contribution in [-0.2, 0) is 27.7 Å². The van der Waals surface area contributed by atoms with Crippen molar-refractivity contribution < 1.29 is 9.53 Å². The quantitative estimate of drug-likeness (QED) is 0.634. The zero-order chi connectivity index (χ0) is 12.8. The molecule has 4 heteroatoms. The average molecular weight is 296 g/mol. The molecule has 0 aliphatic heterocycles. The van der Waals surface area contributed by atoms with Crippen LogP contribution in [0.25, 0.3) is 0 Å². The Kier molecular flexibility index (Phi) is 5.17. The van der Waals surface area contributed by atoms with Gasteiger partial charge in [0.2, 0.25) is 0 Å². The third kappa shape index (κ3) is 3.07. The SMILES string of the molecule is CCc1ccc(CC(=O)OC)c(C#N)c1CBr. The minimum atomic E-state index is -0.328. The van der Waals surface area contributed by atoms with Crippen molar-refractivity contribution >= 4 is 21.9 Å². The largest absolute Gasteiger partial charge is 0.469 e. The van der Waals surface area contributed by atoms with Crippen molar-refractivity contribution in [2.75, 3.05) is 7.11 Å². The molecule has 0 aliphatic carbocycles. The predicted molar refractivity (Wildman–Crippen MR) is 68.9 cm³/mol. The number of hydrogen-bond acceptors (Lipinski definition) is 3. The molecule has 17 heavy (non-hydrogen) atoms. The molecule has 0 bridgehead atoms. The molecule has 1 aromatic carbocycles. The molecule has 0 aliphatic rings. The number of ether oxygens (including phenoxy) is 1. The molecule has 0 amide bonds. The molecular formula is C13H14BrNO2. The fourth-order valence-electron chi connectivity index (χ4n) is 1.74. The Morgan fingerprint density at radius 1 is 1.47 bits per heavy atom. The number of esters is 1. The first kappa shape index (κ1) is 13.7. The molecular weight excluding hydrogens is 282 g/mol. The molecule has 0 atom stereocenters. The minimum Gasteiger partial charge on any atom is -0.469 e. The fourth-order valence-corrected chi connectivity index (χ4v) is 2.38. The summed E-state index contributed by atoms with van der Waals surface area (Å²) in [5.41, 5.74) is 3.42. The molecule has 90 valence electrons. The van der Waals surface area contributed by atoms with E-state index in [1.807, 2.05) is 19.1 Å². The highest BCUT2D eigenvalue weighted by atomic mass is 79.9. The highest BCUT2D eigenvalue weighted by Crippen LogP contribution is 2.22. The number of hydrogen-bond donors (Lipinski definition) is 0. The van der Waals surface area contributed by atoms with E-state index in [-0.39, 0.29) is 12.4 Å². The number of nitrogens with zero attached hydrogens (tertiary/aromatic N) is 1. The number of carbonyl (C=O) groups is 1. The van der Waals surface area contributed by atoms with Crippen LogP contribution in [0.4, 0.5) is 0 Å². The van der Waals surface area contributed by atoms with Crippen LogP contribution in [0, 0.1) is 11.3 Å². The topological polar surface area (TPSA) is 50.1 Å². The maximum Gasteiger partial charge on any atom is 0.310 e. The maximum atomic E-state index is 11.3. The summed E-state index contributed by atoms with van der Waals surface area (Å²) in [5, 5.41) is 9.83. The van der Waals surface area contributed by atoms with E-state index in [9.17, 15) is 10.1 Å². The Morgan fingerprint density at radius 2 is 2.12 bits per heavy atom. The lowest BCUT2D eigenvalue weighted by atomic mass is 9.95. The van der Waals surface area contributed by atoms with Crippen LogP contribution < -0.4 is 0 Å². The summed E-state index contributed by atoms with van der Waals surface area (Å²) in [4.78, 5) is 11.3. The summed E-state index contributed by atoms with van der Waals surface area (Å²) in [6.07, 6.45) is 1.01. The van der Waals surface area contributed by atoms with Crippen molar-refractivity contribution in [2.45, 2.75) is 25.1 Å². The molecule has 1 aromatic rings. The Hall–Kier alpha value is -1.34. The zero-order valence-corrected chi connectivity index (χ0v) is 11.5. The first-order chi connectivity index (χ1) is 8.17. The van der Waals surface area contributed by atoms with Crippen LogP contribution >= 0.6 is 15.9 Å². The van der Waals surface area contributed by atoms with Crippen LogP contribution in [0.5, 0.6) is 0 Å². The number of nitriles is 1. The fraction of sp³-hybridized carbons (Fsp3) is 0.385. The third-order valence-electron chi connectivity index (χ3n) is 2.69. The standard InChI is InChI=1S/C13H14BrNO2/c1-3-9-4-5-10(6-13(16)17-2)12(8-15)11(9)7-14/h4-5H,3,6-7H2,1-2H3. The lowest BCUT2D eigenvalue weighted by Gasteiger charge is -2.11. The molecule has 3 nitrogen and oxygen atoms in total. The minimum absolute atomic E-state index is 0.142. The van der Waals surface area contributed by atoms with E-state index in [1.165, 1.54) is 7.11 Å². The number of rotatable bonds is 4. The van der Waals surface area contributed by atoms with Gasteiger partial charge in [0, 0.05) is 5.33 Å². The zero-order valence-electron chi connectivity index (χ0n) is 9.92. The molecule has 0 saturated carbocycles. The molecule has 0 radical (unpaired) electrons. The van der Waals surface area contributed by atoms with Crippen LogP contribution in [0.15, 0.2) is 12.1 Å². The Bertz CT molecular complexity index is 463. The van der Waals surface area contributed by atoms with Gasteiger partial charge in [-0.15, -0.1) is 0 Å². The van der Waals surface area contributed by atoms with Crippen LogP contribution in [0.3, 0.4) is 0 Å². The summed E-state index contributed by atoms with van der Waals surface area (Å²) in [5.74, 6) is -0.328. The summed E-state index contributed by atoms with van der Waals surface area (Å²) >= 11 is 3.39. The highest BCUT2D eigenvalue weighted by Gasteiger charge is 2.14. The van der Waals surface area contributed by atoms with Gasteiger partial charge in [-0.05, 0) is 23.1 Å². The van der Waals surface area contributed by atoms with Gasteiger partial charge in [0.1, 0.15) is 0 Å². The van der Waals surface area contributed by atoms with Gasteiger partial charge in [0.05, 0.1) is 25.2 Å². The Balaban J connectivity index is 3.24. The van der Waals surface area contributed by atoms with E-state index in [2.05, 4.69) is 26.7 Å². The van der Waals surface area contributed by atoms with Crippen molar-refractivity contribution in [3.05, 3.63) is 34.4 Å². The second kappa shape index (κ2) is 6.41. The number of benzene rings is 1. The number of carbonyl (C=O) groups excluding carboxylic acids is 1. The van der Waals surface area contributed by atoms with E-state index >= 15 is 0 Å². The van der Waals surface area contributed by atoms with Gasteiger partial charge in [0.25, 0.3) is 0 Å². The predicted octanol–water partition coefficient (Wildman–Crippen LogP) is 2.73. The molecule has 1 rings (SSSR count). The Morgan fingerprint density at radius 3 is 2.59 bits per heavy atom. The van der Waals surface area contributed by atoms with Crippen LogP contribution in [0.1, 0.15) is 29.2 Å². The van der Waals surface area contributed by atoms with Gasteiger partial charge < -0.3 is 4.74 Å². The number of methoxy groups -OCH3 is 1. The van der Waals surface area contributed by atoms with Gasteiger partial charge in [-0.3, -0.25) is 4.79 Å². The van der Waals surface area contributed by atoms with E-state index in [0.29, 0.717) is 10.9 Å². The van der Waals surface area contributed by atoms with Crippen LogP contribution in [-0.4, -0.2) is 13.1 Å². The van der Waals surface area contributed by atoms with Crippen molar-refractivity contribution in [1.29, 1.82) is 5.26 Å². The Labute approximate surface area is 110 Å². The maximum absolute atomic E-state index is 11.3. The van der Waals surface area contributed by atoms with Gasteiger partial charge in [-0.25, -0.2) is 0 Å². The number of halogens is 1. The summed E-state index contributed by atoms with van der Waals surface area (Å²) < 4.78 is 4.62. The molecule has 0 fully saturated rings. The monoisotopic (exact) mass is 295 g/mol. The average Bonchev–Trinajstić information content (AvgIpc) is 2.37. The van der Waals surface area contributed by atoms with Crippen molar-refractivity contribution in [2.24, 2.45) is 0 Å². The van der Waals surface area contributed by atoms with Gasteiger partial charge in [0.15, 0.2) is 0 Å². The summed E-state index contributed by atoms with van der Waals surface area (Å²) in [7, 11) is 1.35. The van der Waals surface area contributed by atoms with Crippen molar-refractivity contribution in [3.8, 4) is 6.07 Å². The smallest absolute Gasteiger partial charge is 0.310 e. The first-order valence-corrected chi connectivity index (χ1v) is 6.46. The van der Waals surface area contributed by atoms with Gasteiger partial charge in [-0.2, -0.15) is 5.26 Å². The number of alkyl halides is 1. The second-order valence-corrected chi connectivity index (χ2v) is 4.15. The van der Waals surface area contributed by atoms with Gasteiger partial charge in [-0.1, -0.05) is 35.0 Å². The lowest BCUT2D eigenvalue weighted by molar-refractivity contribution is -0.139.